The molecule has 1 saturated heterocycles. The topological polar surface area (TPSA) is 79.5 Å². The molecule has 0 radical (unpaired) electrons. The van der Waals surface area contributed by atoms with E-state index in [-0.39, 0.29) is 11.9 Å². The van der Waals surface area contributed by atoms with Crippen molar-refractivity contribution in [3.63, 3.8) is 0 Å². The molecule has 7 nitrogen and oxygen atoms in total. The van der Waals surface area contributed by atoms with Crippen LogP contribution in [-0.2, 0) is 4.74 Å². The zero-order valence-corrected chi connectivity index (χ0v) is 19.4. The molecular formula is C27H28N4O3. The number of amides is 1. The second kappa shape index (κ2) is 9.67. The van der Waals surface area contributed by atoms with Gasteiger partial charge in [0.2, 0.25) is 0 Å². The average molecular weight is 457 g/mol. The van der Waals surface area contributed by atoms with Gasteiger partial charge >= 0.3 is 0 Å². The number of carbonyl (C=O) groups excluding carboxylic acids is 1. The van der Waals surface area contributed by atoms with E-state index in [2.05, 4.69) is 28.2 Å². The fraction of sp³-hybridized carbons (Fsp3) is 0.259. The molecule has 2 aromatic carbocycles. The largest absolute Gasteiger partial charge is 0.496 e. The van der Waals surface area contributed by atoms with Gasteiger partial charge in [0.1, 0.15) is 5.75 Å². The Morgan fingerprint density at radius 1 is 1.12 bits per heavy atom. The number of methoxy groups -OCH3 is 1. The molecule has 0 spiro atoms. The Labute approximate surface area is 198 Å². The lowest BCUT2D eigenvalue weighted by Gasteiger charge is -2.34. The van der Waals surface area contributed by atoms with Gasteiger partial charge in [-0.1, -0.05) is 18.2 Å². The van der Waals surface area contributed by atoms with Crippen molar-refractivity contribution in [1.82, 2.24) is 14.9 Å². The van der Waals surface area contributed by atoms with Gasteiger partial charge in [0.05, 0.1) is 37.6 Å². The summed E-state index contributed by atoms with van der Waals surface area (Å²) in [7, 11) is 1.57. The third-order valence-corrected chi connectivity index (χ3v) is 6.30. The van der Waals surface area contributed by atoms with Crippen LogP contribution in [0.15, 0.2) is 66.9 Å². The van der Waals surface area contributed by atoms with Crippen LogP contribution in [0.4, 0.5) is 5.69 Å². The van der Waals surface area contributed by atoms with Crippen molar-refractivity contribution in [1.29, 1.82) is 0 Å². The minimum Gasteiger partial charge on any atom is -0.496 e. The first-order valence-corrected chi connectivity index (χ1v) is 11.4. The van der Waals surface area contributed by atoms with E-state index in [0.29, 0.717) is 24.5 Å². The van der Waals surface area contributed by atoms with Crippen molar-refractivity contribution in [3.8, 4) is 5.75 Å². The maximum atomic E-state index is 13.0. The highest BCUT2D eigenvalue weighted by Gasteiger charge is 2.29. The summed E-state index contributed by atoms with van der Waals surface area (Å²) in [6.45, 7) is 5.16. The lowest BCUT2D eigenvalue weighted by atomic mass is 9.97. The Morgan fingerprint density at radius 3 is 2.68 bits per heavy atom. The predicted molar refractivity (Wildman–Crippen MR) is 132 cm³/mol. The van der Waals surface area contributed by atoms with Crippen molar-refractivity contribution in [2.45, 2.75) is 13.0 Å². The number of morpholine rings is 1. The van der Waals surface area contributed by atoms with Crippen molar-refractivity contribution in [2.75, 3.05) is 38.7 Å². The number of benzene rings is 2. The number of H-pyrrole nitrogens is 1. The van der Waals surface area contributed by atoms with Gasteiger partial charge in [-0.05, 0) is 49.4 Å². The monoisotopic (exact) mass is 456 g/mol. The normalized spacial score (nSPS) is 15.2. The minimum atomic E-state index is -0.208. The SMILES string of the molecule is COc1ccccc1C(=O)Nc1ccc2[nH]c(C)c(C(c3ccccn3)N3CCOCC3)c2c1. The number of aryl methyl sites for hydroxylation is 1. The van der Waals surface area contributed by atoms with Crippen molar-refractivity contribution in [3.05, 3.63) is 89.4 Å². The van der Waals surface area contributed by atoms with E-state index in [1.54, 1.807) is 19.2 Å². The van der Waals surface area contributed by atoms with Gasteiger partial charge in [-0.3, -0.25) is 14.7 Å². The highest BCUT2D eigenvalue weighted by Crippen LogP contribution is 2.37. The third kappa shape index (κ3) is 4.27. The first-order chi connectivity index (χ1) is 16.7. The lowest BCUT2D eigenvalue weighted by molar-refractivity contribution is 0.0234. The summed E-state index contributed by atoms with van der Waals surface area (Å²) < 4.78 is 11.0. The molecule has 5 rings (SSSR count). The maximum Gasteiger partial charge on any atom is 0.259 e. The van der Waals surface area contributed by atoms with Crippen LogP contribution in [0, 0.1) is 6.92 Å². The second-order valence-electron chi connectivity index (χ2n) is 8.38. The number of fused-ring (bicyclic) bond motifs is 1. The molecule has 7 heteroatoms. The maximum absolute atomic E-state index is 13.0. The van der Waals surface area contributed by atoms with Crippen molar-refractivity contribution in [2.24, 2.45) is 0 Å². The van der Waals surface area contributed by atoms with Crippen molar-refractivity contribution < 1.29 is 14.3 Å². The standard InChI is InChI=1S/C27H28N4O3/c1-18-25(26(23-8-5-6-12-28-23)31-13-15-34-16-14-31)21-17-19(10-11-22(21)29-18)30-27(32)20-7-3-4-9-24(20)33-2/h3-12,17,26,29H,13-16H2,1-2H3,(H,30,32). The Hall–Kier alpha value is -3.68. The van der Waals surface area contributed by atoms with Gasteiger partial charge < -0.3 is 19.8 Å². The number of aromatic nitrogens is 2. The fourth-order valence-corrected chi connectivity index (χ4v) is 4.70. The minimum absolute atomic E-state index is 0.0148. The van der Waals surface area contributed by atoms with E-state index in [9.17, 15) is 4.79 Å². The Kier molecular flexibility index (Phi) is 6.29. The number of aromatic amines is 1. The number of hydrogen-bond acceptors (Lipinski definition) is 5. The molecule has 34 heavy (non-hydrogen) atoms. The number of nitrogens with one attached hydrogen (secondary N) is 2. The summed E-state index contributed by atoms with van der Waals surface area (Å²) in [5, 5.41) is 4.10. The van der Waals surface area contributed by atoms with Crippen LogP contribution in [0.5, 0.6) is 5.75 Å². The molecule has 1 aliphatic heterocycles. The first kappa shape index (κ1) is 22.1. The summed E-state index contributed by atoms with van der Waals surface area (Å²) in [6.07, 6.45) is 1.84. The molecule has 1 unspecified atom stereocenters. The summed E-state index contributed by atoms with van der Waals surface area (Å²) in [6, 6.07) is 19.2. The number of anilines is 1. The predicted octanol–water partition coefficient (Wildman–Crippen LogP) is 4.55. The van der Waals surface area contributed by atoms with Crippen LogP contribution in [0.1, 0.15) is 33.4 Å². The Balaban J connectivity index is 1.55. The molecule has 1 aliphatic rings. The van der Waals surface area contributed by atoms with E-state index in [4.69, 9.17) is 14.5 Å². The molecule has 174 valence electrons. The zero-order chi connectivity index (χ0) is 23.5. The van der Waals surface area contributed by atoms with Crippen LogP contribution >= 0.6 is 0 Å². The quantitative estimate of drug-likeness (QED) is 0.445. The number of hydrogen-bond donors (Lipinski definition) is 2. The molecule has 0 saturated carbocycles. The summed E-state index contributed by atoms with van der Waals surface area (Å²) in [5.74, 6) is 0.335. The van der Waals surface area contributed by atoms with E-state index >= 15 is 0 Å². The smallest absolute Gasteiger partial charge is 0.259 e. The molecule has 4 aromatic rings. The van der Waals surface area contributed by atoms with Gasteiger partial charge in [-0.25, -0.2) is 0 Å². The molecule has 2 aromatic heterocycles. The third-order valence-electron chi connectivity index (χ3n) is 6.30. The number of carbonyl (C=O) groups is 1. The van der Waals surface area contributed by atoms with Crippen LogP contribution in [0.25, 0.3) is 10.9 Å². The van der Waals surface area contributed by atoms with Gasteiger partial charge in [0, 0.05) is 47.1 Å². The zero-order valence-electron chi connectivity index (χ0n) is 19.4. The summed E-state index contributed by atoms with van der Waals surface area (Å²) >= 11 is 0. The van der Waals surface area contributed by atoms with E-state index in [0.717, 1.165) is 41.1 Å². The van der Waals surface area contributed by atoms with E-state index < -0.39 is 0 Å². The van der Waals surface area contributed by atoms with E-state index in [1.807, 2.05) is 48.7 Å². The number of para-hydroxylation sites is 1. The van der Waals surface area contributed by atoms with E-state index in [1.165, 1.54) is 5.56 Å². The van der Waals surface area contributed by atoms with Crippen molar-refractivity contribution >= 4 is 22.5 Å². The van der Waals surface area contributed by atoms with Gasteiger partial charge in [-0.15, -0.1) is 0 Å². The Bertz CT molecular complexity index is 1300. The lowest BCUT2D eigenvalue weighted by Crippen LogP contribution is -2.40. The number of pyridine rings is 1. The molecule has 1 amide bonds. The van der Waals surface area contributed by atoms with Crippen LogP contribution in [0.3, 0.4) is 0 Å². The molecular weight excluding hydrogens is 428 g/mol. The molecule has 3 heterocycles. The average Bonchev–Trinajstić information content (AvgIpc) is 3.20. The number of nitrogens with zero attached hydrogens (tertiary/aromatic N) is 2. The number of rotatable bonds is 6. The highest BCUT2D eigenvalue weighted by molar-refractivity contribution is 6.07. The summed E-state index contributed by atoms with van der Waals surface area (Å²) in [4.78, 5) is 23.6. The van der Waals surface area contributed by atoms with Gasteiger partial charge in [0.25, 0.3) is 5.91 Å². The molecule has 1 fully saturated rings. The highest BCUT2D eigenvalue weighted by atomic mass is 16.5. The second-order valence-corrected chi connectivity index (χ2v) is 8.38. The molecule has 2 N–H and O–H groups in total. The first-order valence-electron chi connectivity index (χ1n) is 11.4. The molecule has 0 bridgehead atoms. The molecule has 1 atom stereocenters. The van der Waals surface area contributed by atoms with Gasteiger partial charge in [-0.2, -0.15) is 0 Å². The van der Waals surface area contributed by atoms with Crippen LogP contribution < -0.4 is 10.1 Å². The van der Waals surface area contributed by atoms with Gasteiger partial charge in [0.15, 0.2) is 0 Å². The van der Waals surface area contributed by atoms with Crippen LogP contribution in [-0.4, -0.2) is 54.2 Å². The Morgan fingerprint density at radius 2 is 1.91 bits per heavy atom. The molecule has 0 aliphatic carbocycles. The summed E-state index contributed by atoms with van der Waals surface area (Å²) in [5.41, 5.74) is 5.50. The van der Waals surface area contributed by atoms with Crippen LogP contribution in [0.2, 0.25) is 0 Å². The fourth-order valence-electron chi connectivity index (χ4n) is 4.70. The number of ether oxygens (including phenoxy) is 2.